The van der Waals surface area contributed by atoms with Crippen molar-refractivity contribution in [3.8, 4) is 0 Å². The van der Waals surface area contributed by atoms with Crippen molar-refractivity contribution in [2.45, 2.75) is 52.1 Å². The number of amides is 2. The molecule has 0 aliphatic carbocycles. The third-order valence-electron chi connectivity index (χ3n) is 4.51. The van der Waals surface area contributed by atoms with Crippen LogP contribution in [-0.4, -0.2) is 32.9 Å². The van der Waals surface area contributed by atoms with E-state index in [9.17, 15) is 9.59 Å². The van der Waals surface area contributed by atoms with Crippen LogP contribution in [0.2, 0.25) is 0 Å². The Labute approximate surface area is 153 Å². The van der Waals surface area contributed by atoms with Gasteiger partial charge in [0.15, 0.2) is 5.82 Å². The third-order valence-corrected chi connectivity index (χ3v) is 4.51. The van der Waals surface area contributed by atoms with Crippen LogP contribution in [-0.2, 0) is 19.5 Å². The van der Waals surface area contributed by atoms with Gasteiger partial charge in [0, 0.05) is 19.3 Å². The zero-order chi connectivity index (χ0) is 18.4. The van der Waals surface area contributed by atoms with Gasteiger partial charge >= 0.3 is 0 Å². The molecule has 138 valence electrons. The summed E-state index contributed by atoms with van der Waals surface area (Å²) in [6.45, 7) is 3.77. The number of fused-ring (bicyclic) bond motifs is 1. The second-order valence-corrected chi connectivity index (χ2v) is 6.45. The second kappa shape index (κ2) is 8.60. The van der Waals surface area contributed by atoms with Gasteiger partial charge in [0.25, 0.3) is 11.8 Å². The van der Waals surface area contributed by atoms with E-state index in [4.69, 9.17) is 0 Å². The zero-order valence-electron chi connectivity index (χ0n) is 15.1. The van der Waals surface area contributed by atoms with Gasteiger partial charge in [-0.1, -0.05) is 19.4 Å². The fourth-order valence-electron chi connectivity index (χ4n) is 3.11. The van der Waals surface area contributed by atoms with Gasteiger partial charge in [-0.05, 0) is 37.8 Å². The summed E-state index contributed by atoms with van der Waals surface area (Å²) in [7, 11) is 0. The number of rotatable bonds is 7. The highest BCUT2D eigenvalue weighted by molar-refractivity contribution is 5.97. The van der Waals surface area contributed by atoms with Crippen molar-refractivity contribution in [1.29, 1.82) is 0 Å². The lowest BCUT2D eigenvalue weighted by molar-refractivity contribution is 0.0937. The molecule has 2 amide bonds. The molecule has 0 radical (unpaired) electrons. The maximum absolute atomic E-state index is 12.6. The first-order valence-electron chi connectivity index (χ1n) is 9.26. The molecule has 1 aliphatic rings. The Morgan fingerprint density at radius 1 is 1.19 bits per heavy atom. The second-order valence-electron chi connectivity index (χ2n) is 6.45. The maximum atomic E-state index is 12.6. The third kappa shape index (κ3) is 4.09. The Morgan fingerprint density at radius 3 is 2.85 bits per heavy atom. The Morgan fingerprint density at radius 2 is 2.08 bits per heavy atom. The molecule has 3 heterocycles. The lowest BCUT2D eigenvalue weighted by atomic mass is 10.1. The number of carbonyl (C=O) groups is 2. The Balaban J connectivity index is 1.76. The quantitative estimate of drug-likeness (QED) is 0.744. The zero-order valence-corrected chi connectivity index (χ0v) is 15.1. The molecule has 0 aromatic carbocycles. The van der Waals surface area contributed by atoms with Gasteiger partial charge in [0.05, 0.1) is 17.9 Å². The van der Waals surface area contributed by atoms with Crippen molar-refractivity contribution in [1.82, 2.24) is 25.2 Å². The summed E-state index contributed by atoms with van der Waals surface area (Å²) in [5, 5.41) is 5.76. The number of nitrogens with zero attached hydrogens (tertiary/aromatic N) is 3. The Kier molecular flexibility index (Phi) is 5.99. The van der Waals surface area contributed by atoms with Gasteiger partial charge in [0.2, 0.25) is 0 Å². The average molecular weight is 355 g/mol. The summed E-state index contributed by atoms with van der Waals surface area (Å²) in [5.74, 6) is -0.113. The van der Waals surface area contributed by atoms with Crippen LogP contribution >= 0.6 is 0 Å². The smallest absolute Gasteiger partial charge is 0.287 e. The monoisotopic (exact) mass is 355 g/mol. The Hall–Kier alpha value is -2.70. The number of imidazole rings is 1. The van der Waals surface area contributed by atoms with Gasteiger partial charge < -0.3 is 15.2 Å². The number of carbonyl (C=O) groups excluding carboxylic acids is 2. The molecule has 3 rings (SSSR count). The van der Waals surface area contributed by atoms with E-state index in [1.807, 2.05) is 22.8 Å². The molecule has 0 bridgehead atoms. The van der Waals surface area contributed by atoms with Gasteiger partial charge in [-0.2, -0.15) is 0 Å². The fraction of sp³-hybridized carbons (Fsp3) is 0.474. The average Bonchev–Trinajstić information content (AvgIpc) is 3.07. The van der Waals surface area contributed by atoms with E-state index < -0.39 is 0 Å². The van der Waals surface area contributed by atoms with Crippen LogP contribution in [0.1, 0.15) is 65.1 Å². The van der Waals surface area contributed by atoms with Crippen LogP contribution in [0.15, 0.2) is 24.4 Å². The van der Waals surface area contributed by atoms with Crippen LogP contribution in [0.4, 0.5) is 0 Å². The largest absolute Gasteiger partial charge is 0.349 e. The minimum Gasteiger partial charge on any atom is -0.349 e. The van der Waals surface area contributed by atoms with Gasteiger partial charge in [-0.3, -0.25) is 14.6 Å². The molecule has 2 N–H and O–H groups in total. The highest BCUT2D eigenvalue weighted by atomic mass is 16.2. The van der Waals surface area contributed by atoms with E-state index in [2.05, 4.69) is 27.5 Å². The lowest BCUT2D eigenvalue weighted by Crippen LogP contribution is -2.28. The molecule has 0 unspecified atom stereocenters. The normalized spacial score (nSPS) is 13.1. The molecule has 0 saturated heterocycles. The molecular weight excluding hydrogens is 330 g/mol. The summed E-state index contributed by atoms with van der Waals surface area (Å²) >= 11 is 0. The number of pyridine rings is 1. The van der Waals surface area contributed by atoms with Crippen molar-refractivity contribution >= 4 is 11.8 Å². The van der Waals surface area contributed by atoms with Gasteiger partial charge in [-0.15, -0.1) is 0 Å². The van der Waals surface area contributed by atoms with Crippen LogP contribution in [0, 0.1) is 0 Å². The van der Waals surface area contributed by atoms with Crippen molar-refractivity contribution in [2.75, 3.05) is 6.54 Å². The number of aromatic nitrogens is 3. The molecule has 26 heavy (non-hydrogen) atoms. The highest BCUT2D eigenvalue weighted by Gasteiger charge is 2.27. The molecular formula is C19H25N5O2. The van der Waals surface area contributed by atoms with Gasteiger partial charge in [0.1, 0.15) is 5.69 Å². The van der Waals surface area contributed by atoms with E-state index in [0.29, 0.717) is 24.6 Å². The summed E-state index contributed by atoms with van der Waals surface area (Å²) in [6, 6.07) is 5.57. The summed E-state index contributed by atoms with van der Waals surface area (Å²) in [6.07, 6.45) is 6.40. The predicted molar refractivity (Wildman–Crippen MR) is 97.8 cm³/mol. The highest BCUT2D eigenvalue weighted by Crippen LogP contribution is 2.21. The molecule has 2 aromatic rings. The van der Waals surface area contributed by atoms with Crippen LogP contribution in [0.5, 0.6) is 0 Å². The fourth-order valence-corrected chi connectivity index (χ4v) is 3.11. The van der Waals surface area contributed by atoms with Crippen LogP contribution in [0.3, 0.4) is 0 Å². The van der Waals surface area contributed by atoms with Crippen molar-refractivity contribution in [3.63, 3.8) is 0 Å². The van der Waals surface area contributed by atoms with E-state index >= 15 is 0 Å². The lowest BCUT2D eigenvalue weighted by Gasteiger charge is -2.17. The van der Waals surface area contributed by atoms with Crippen LogP contribution in [0.25, 0.3) is 0 Å². The topological polar surface area (TPSA) is 88.9 Å². The van der Waals surface area contributed by atoms with E-state index in [1.165, 1.54) is 0 Å². The molecule has 1 aliphatic heterocycles. The van der Waals surface area contributed by atoms with E-state index in [-0.39, 0.29) is 11.8 Å². The summed E-state index contributed by atoms with van der Waals surface area (Å²) in [4.78, 5) is 33.7. The van der Waals surface area contributed by atoms with Crippen molar-refractivity contribution in [3.05, 3.63) is 47.3 Å². The molecule has 7 heteroatoms. The minimum atomic E-state index is -0.256. The molecule has 0 fully saturated rings. The molecule has 0 spiro atoms. The van der Waals surface area contributed by atoms with E-state index in [1.54, 1.807) is 6.20 Å². The predicted octanol–water partition coefficient (Wildman–Crippen LogP) is 2.07. The van der Waals surface area contributed by atoms with Gasteiger partial charge in [-0.25, -0.2) is 4.98 Å². The first-order valence-corrected chi connectivity index (χ1v) is 9.26. The summed E-state index contributed by atoms with van der Waals surface area (Å²) in [5.41, 5.74) is 2.00. The SMILES string of the molecule is CCCCNC(=O)c1nc(C(=O)NCc2ccccn2)c2n1CCCC2. The maximum Gasteiger partial charge on any atom is 0.287 e. The molecule has 0 atom stereocenters. The standard InChI is InChI=1S/C19H25N5O2/c1-2-3-10-21-19(26)17-23-16(15-9-5-7-12-24(15)17)18(25)22-13-14-8-4-6-11-20-14/h4,6,8,11H,2-3,5,7,9-10,12-13H2,1H3,(H,21,26)(H,22,25). The van der Waals surface area contributed by atoms with E-state index in [0.717, 1.165) is 50.0 Å². The molecule has 2 aromatic heterocycles. The first-order chi connectivity index (χ1) is 12.7. The number of unbranched alkanes of at least 4 members (excludes halogenated alkanes) is 1. The van der Waals surface area contributed by atoms with Crippen molar-refractivity contribution < 1.29 is 9.59 Å². The first kappa shape index (κ1) is 18.1. The Bertz CT molecular complexity index is 770. The molecule has 7 nitrogen and oxygen atoms in total. The molecule has 0 saturated carbocycles. The number of hydrogen-bond donors (Lipinski definition) is 2. The number of hydrogen-bond acceptors (Lipinski definition) is 4. The minimum absolute atomic E-state index is 0.203. The van der Waals surface area contributed by atoms with Crippen LogP contribution < -0.4 is 10.6 Å². The number of nitrogens with one attached hydrogen (secondary N) is 2. The van der Waals surface area contributed by atoms with Crippen molar-refractivity contribution in [2.24, 2.45) is 0 Å². The summed E-state index contributed by atoms with van der Waals surface area (Å²) < 4.78 is 1.90.